The van der Waals surface area contributed by atoms with Gasteiger partial charge >= 0.3 is 0 Å². The lowest BCUT2D eigenvalue weighted by Crippen LogP contribution is -2.26. The van der Waals surface area contributed by atoms with E-state index in [4.69, 9.17) is 0 Å². The van der Waals surface area contributed by atoms with Crippen molar-refractivity contribution in [1.82, 2.24) is 0 Å². The van der Waals surface area contributed by atoms with E-state index in [-0.39, 0.29) is 11.6 Å². The summed E-state index contributed by atoms with van der Waals surface area (Å²) >= 11 is 0. The van der Waals surface area contributed by atoms with Gasteiger partial charge < -0.3 is 9.80 Å². The van der Waals surface area contributed by atoms with Crippen molar-refractivity contribution in [2.24, 2.45) is 0 Å². The first-order chi connectivity index (χ1) is 32.7. The lowest BCUT2D eigenvalue weighted by molar-refractivity contribution is 0.627. The first-order valence-corrected chi connectivity index (χ1v) is 23.3. The van der Waals surface area contributed by atoms with Crippen molar-refractivity contribution < 1.29 is 8.78 Å². The second-order valence-electron chi connectivity index (χ2n) is 18.8. The summed E-state index contributed by atoms with van der Waals surface area (Å²) in [7, 11) is 0. The summed E-state index contributed by atoms with van der Waals surface area (Å²) in [5, 5.41) is 4.50. The minimum Gasteiger partial charge on any atom is -0.310 e. The molecule has 0 unspecified atom stereocenters. The lowest BCUT2D eigenvalue weighted by atomic mass is 9.70. The third kappa shape index (κ3) is 6.34. The smallest absolute Gasteiger partial charge is 0.123 e. The fraction of sp³-hybridized carbons (Fsp3) is 0.111. The largest absolute Gasteiger partial charge is 0.310 e. The van der Waals surface area contributed by atoms with E-state index >= 15 is 0 Å². The highest BCUT2D eigenvalue weighted by molar-refractivity contribution is 6.13. The molecule has 0 saturated heterocycles. The molecule has 0 aliphatic heterocycles. The fourth-order valence-electron chi connectivity index (χ4n) is 11.1. The second-order valence-corrected chi connectivity index (χ2v) is 18.8. The highest BCUT2D eigenvalue weighted by Gasteiger charge is 2.52. The third-order valence-electron chi connectivity index (χ3n) is 14.3. The topological polar surface area (TPSA) is 6.48 Å². The third-order valence-corrected chi connectivity index (χ3v) is 14.3. The Bertz CT molecular complexity index is 3490. The van der Waals surface area contributed by atoms with E-state index in [0.717, 1.165) is 55.7 Å². The molecule has 0 N–H and O–H groups in total. The van der Waals surface area contributed by atoms with Crippen LogP contribution in [-0.2, 0) is 5.41 Å². The molecule has 0 radical (unpaired) electrons. The van der Waals surface area contributed by atoms with Crippen molar-refractivity contribution in [3.63, 3.8) is 0 Å². The number of rotatable bonds is 8. The van der Waals surface area contributed by atoms with E-state index in [0.29, 0.717) is 11.8 Å². The molecule has 2 aliphatic carbocycles. The van der Waals surface area contributed by atoms with Gasteiger partial charge in [-0.3, -0.25) is 0 Å². The molecule has 10 aromatic carbocycles. The molecule has 0 heterocycles. The maximum absolute atomic E-state index is 14.7. The highest BCUT2D eigenvalue weighted by atomic mass is 19.1. The first kappa shape index (κ1) is 40.7. The van der Waals surface area contributed by atoms with Crippen LogP contribution in [0.4, 0.5) is 42.9 Å². The van der Waals surface area contributed by atoms with Crippen LogP contribution in [0.2, 0.25) is 0 Å². The van der Waals surface area contributed by atoms with Crippen LogP contribution >= 0.6 is 0 Å². The van der Waals surface area contributed by atoms with Crippen LogP contribution in [0.1, 0.15) is 72.9 Å². The Hall–Kier alpha value is -7.82. The molecule has 0 saturated carbocycles. The minimum atomic E-state index is -0.667. The van der Waals surface area contributed by atoms with Crippen LogP contribution in [0.5, 0.6) is 0 Å². The number of hydrogen-bond acceptors (Lipinski definition) is 2. The molecular weight excluding hydrogens is 823 g/mol. The van der Waals surface area contributed by atoms with Crippen LogP contribution in [0.25, 0.3) is 43.8 Å². The van der Waals surface area contributed by atoms with Crippen molar-refractivity contribution in [3.05, 3.63) is 251 Å². The number of halogens is 2. The Morgan fingerprint density at radius 3 is 1.36 bits per heavy atom. The summed E-state index contributed by atoms with van der Waals surface area (Å²) in [6.07, 6.45) is 0. The maximum Gasteiger partial charge on any atom is 0.123 e. The standard InChI is InChI=1S/C63H48F2N2/c1-39(2)41-17-26-47(27-18-41)66(48-31-22-45(64)23-32-48)51-30-21-43-36-56-59(37-44(43)35-51)63(57-15-9-7-11-52(57)53-12-8-10-16-58(53)63)60-38-61(54-13-5-6-14-55(54)62(56)60)67(50-33-24-46(65)25-34-50)49-28-19-42(20-29-49)40(3)4/h5-40H,1-4H3. The molecule has 4 heteroatoms. The highest BCUT2D eigenvalue weighted by Crippen LogP contribution is 2.65. The van der Waals surface area contributed by atoms with E-state index in [1.807, 2.05) is 24.3 Å². The van der Waals surface area contributed by atoms with Gasteiger partial charge in [0, 0.05) is 33.8 Å². The minimum absolute atomic E-state index is 0.268. The summed E-state index contributed by atoms with van der Waals surface area (Å²) in [5.74, 6) is 0.236. The summed E-state index contributed by atoms with van der Waals surface area (Å²) in [6.45, 7) is 8.84. The predicted molar refractivity (Wildman–Crippen MR) is 275 cm³/mol. The molecule has 0 atom stereocenters. The van der Waals surface area contributed by atoms with Gasteiger partial charge in [0.2, 0.25) is 0 Å². The van der Waals surface area contributed by atoms with Gasteiger partial charge in [-0.25, -0.2) is 8.78 Å². The van der Waals surface area contributed by atoms with E-state index in [2.05, 4.69) is 195 Å². The van der Waals surface area contributed by atoms with Crippen molar-refractivity contribution in [1.29, 1.82) is 0 Å². The molecular formula is C63H48F2N2. The zero-order valence-corrected chi connectivity index (χ0v) is 37.9. The average molecular weight is 871 g/mol. The van der Waals surface area contributed by atoms with Gasteiger partial charge in [-0.15, -0.1) is 0 Å². The molecule has 10 aromatic rings. The summed E-state index contributed by atoms with van der Waals surface area (Å²) in [5.41, 5.74) is 17.5. The molecule has 0 fully saturated rings. The predicted octanol–water partition coefficient (Wildman–Crippen LogP) is 17.8. The molecule has 1 spiro atoms. The molecule has 67 heavy (non-hydrogen) atoms. The summed E-state index contributed by atoms with van der Waals surface area (Å²) < 4.78 is 29.2. The summed E-state index contributed by atoms with van der Waals surface area (Å²) in [6, 6.07) is 71.8. The van der Waals surface area contributed by atoms with Gasteiger partial charge in [0.05, 0.1) is 11.1 Å². The molecule has 12 rings (SSSR count). The van der Waals surface area contributed by atoms with Gasteiger partial charge in [0.15, 0.2) is 0 Å². The Morgan fingerprint density at radius 2 is 0.821 bits per heavy atom. The van der Waals surface area contributed by atoms with Crippen molar-refractivity contribution in [2.75, 3.05) is 9.80 Å². The van der Waals surface area contributed by atoms with Gasteiger partial charge in [-0.1, -0.05) is 131 Å². The SMILES string of the molecule is CC(C)c1ccc(N(c2ccc(F)cc2)c2ccc3cc4c(cc3c2)C2(c3ccccc3-c3ccccc32)c2cc(N(c3ccc(F)cc3)c3ccc(C(C)C)cc3)c3ccccc3c2-4)cc1. The van der Waals surface area contributed by atoms with Crippen LogP contribution < -0.4 is 9.80 Å². The lowest BCUT2D eigenvalue weighted by Gasteiger charge is -2.33. The van der Waals surface area contributed by atoms with Gasteiger partial charge in [0.25, 0.3) is 0 Å². The Morgan fingerprint density at radius 1 is 0.358 bits per heavy atom. The molecule has 324 valence electrons. The zero-order valence-electron chi connectivity index (χ0n) is 37.9. The summed E-state index contributed by atoms with van der Waals surface area (Å²) in [4.78, 5) is 4.52. The van der Waals surface area contributed by atoms with Crippen molar-refractivity contribution >= 4 is 55.7 Å². The van der Waals surface area contributed by atoms with Crippen LogP contribution in [0, 0.1) is 11.6 Å². The average Bonchev–Trinajstić information content (AvgIpc) is 3.81. The zero-order chi connectivity index (χ0) is 45.6. The Kier molecular flexibility index (Phi) is 9.51. The monoisotopic (exact) mass is 870 g/mol. The number of nitrogens with zero attached hydrogens (tertiary/aromatic N) is 2. The fourth-order valence-corrected chi connectivity index (χ4v) is 11.1. The van der Waals surface area contributed by atoms with Crippen molar-refractivity contribution in [3.8, 4) is 22.3 Å². The molecule has 2 aliphatic rings. The molecule has 2 nitrogen and oxygen atoms in total. The quantitative estimate of drug-likeness (QED) is 0.150. The first-order valence-electron chi connectivity index (χ1n) is 23.3. The van der Waals surface area contributed by atoms with E-state index in [1.165, 1.54) is 67.8 Å². The molecule has 0 bridgehead atoms. The second kappa shape index (κ2) is 15.7. The molecule has 0 amide bonds. The number of benzene rings is 10. The van der Waals surface area contributed by atoms with Gasteiger partial charge in [-0.2, -0.15) is 0 Å². The number of fused-ring (bicyclic) bond motifs is 13. The van der Waals surface area contributed by atoms with E-state index in [1.54, 1.807) is 12.1 Å². The van der Waals surface area contributed by atoms with Gasteiger partial charge in [-0.05, 0) is 187 Å². The Balaban J connectivity index is 1.15. The van der Waals surface area contributed by atoms with Crippen molar-refractivity contribution in [2.45, 2.75) is 44.9 Å². The normalized spacial score (nSPS) is 13.0. The van der Waals surface area contributed by atoms with E-state index in [9.17, 15) is 8.78 Å². The Labute approximate surface area is 391 Å². The van der Waals surface area contributed by atoms with Crippen LogP contribution in [0.15, 0.2) is 206 Å². The van der Waals surface area contributed by atoms with Crippen LogP contribution in [-0.4, -0.2) is 0 Å². The number of hydrogen-bond donors (Lipinski definition) is 0. The maximum atomic E-state index is 14.7. The van der Waals surface area contributed by atoms with Crippen LogP contribution in [0.3, 0.4) is 0 Å². The molecule has 0 aromatic heterocycles. The van der Waals surface area contributed by atoms with E-state index < -0.39 is 5.41 Å². The number of anilines is 6. The van der Waals surface area contributed by atoms with Gasteiger partial charge in [0.1, 0.15) is 11.6 Å².